The third kappa shape index (κ3) is 4.22. The fourth-order valence-corrected chi connectivity index (χ4v) is 3.82. The Morgan fingerprint density at radius 1 is 0.903 bits per heavy atom. The molecule has 0 atom stereocenters. The highest BCUT2D eigenvalue weighted by molar-refractivity contribution is 5.86. The zero-order valence-electron chi connectivity index (χ0n) is 18.5. The van der Waals surface area contributed by atoms with Crippen LogP contribution in [0.3, 0.4) is 0 Å². The topological polar surface area (TPSA) is 45.5 Å². The Morgan fingerprint density at radius 3 is 2.42 bits per heavy atom. The summed E-state index contributed by atoms with van der Waals surface area (Å²) in [6, 6.07) is 18.1. The Kier molecular flexibility index (Phi) is 6.12. The minimum Gasteiger partial charge on any atom is -0.497 e. The number of hydrogen-bond acceptors (Lipinski definition) is 4. The first-order valence-corrected chi connectivity index (χ1v) is 10.5. The molecule has 2 aromatic heterocycles. The van der Waals surface area contributed by atoms with Crippen molar-refractivity contribution in [3.05, 3.63) is 83.2 Å². The number of rotatable bonds is 8. The van der Waals surface area contributed by atoms with Crippen molar-refractivity contribution in [2.24, 2.45) is 0 Å². The normalized spacial score (nSPS) is 11.0. The molecular weight excluding hydrogens is 388 g/mol. The zero-order valence-corrected chi connectivity index (χ0v) is 18.5. The van der Waals surface area contributed by atoms with E-state index in [0.717, 1.165) is 40.4 Å². The maximum atomic E-state index is 6.31. The summed E-state index contributed by atoms with van der Waals surface area (Å²) in [6.45, 7) is 8.03. The quantitative estimate of drug-likeness (QED) is 0.370. The van der Waals surface area contributed by atoms with Crippen LogP contribution in [0.5, 0.6) is 17.2 Å². The van der Waals surface area contributed by atoms with E-state index in [9.17, 15) is 0 Å². The third-order valence-corrected chi connectivity index (χ3v) is 5.62. The predicted octanol–water partition coefficient (Wildman–Crippen LogP) is 5.69. The lowest BCUT2D eigenvalue weighted by Gasteiger charge is -2.14. The van der Waals surface area contributed by atoms with Gasteiger partial charge in [-0.25, -0.2) is 0 Å². The SMILES string of the molecule is CCOc1ccccc1COc1ccnc2c(C)c(C)n(Cc3ccc(OC)cc3)c12. The molecule has 0 aliphatic heterocycles. The number of aryl methyl sites for hydroxylation is 1. The lowest BCUT2D eigenvalue weighted by Crippen LogP contribution is -2.05. The first-order valence-electron chi connectivity index (χ1n) is 10.5. The highest BCUT2D eigenvalue weighted by Gasteiger charge is 2.17. The van der Waals surface area contributed by atoms with Crippen molar-refractivity contribution in [1.29, 1.82) is 0 Å². The molecule has 0 saturated heterocycles. The highest BCUT2D eigenvalue weighted by Crippen LogP contribution is 2.32. The Hall–Kier alpha value is -3.47. The van der Waals surface area contributed by atoms with E-state index in [0.29, 0.717) is 13.2 Å². The van der Waals surface area contributed by atoms with Gasteiger partial charge in [0.1, 0.15) is 29.4 Å². The number of ether oxygens (including phenoxy) is 3. The lowest BCUT2D eigenvalue weighted by atomic mass is 10.2. The van der Waals surface area contributed by atoms with E-state index in [1.54, 1.807) is 7.11 Å². The summed E-state index contributed by atoms with van der Waals surface area (Å²) in [6.07, 6.45) is 1.82. The Labute approximate surface area is 183 Å². The molecule has 4 rings (SSSR count). The summed E-state index contributed by atoms with van der Waals surface area (Å²) in [5.41, 5.74) is 6.56. The smallest absolute Gasteiger partial charge is 0.147 e. The Bertz CT molecular complexity index is 1180. The van der Waals surface area contributed by atoms with Crippen LogP contribution in [0.4, 0.5) is 0 Å². The second-order valence-electron chi connectivity index (χ2n) is 7.48. The standard InChI is InChI=1S/C26H28N2O3/c1-5-30-23-9-7-6-8-21(23)17-31-24-14-15-27-25-18(2)19(3)28(26(24)25)16-20-10-12-22(29-4)13-11-20/h6-15H,5,16-17H2,1-4H3. The zero-order chi connectivity index (χ0) is 21.8. The summed E-state index contributed by atoms with van der Waals surface area (Å²) >= 11 is 0. The number of pyridine rings is 1. The molecule has 0 saturated carbocycles. The van der Waals surface area contributed by atoms with E-state index in [4.69, 9.17) is 14.2 Å². The van der Waals surface area contributed by atoms with Crippen LogP contribution in [0.1, 0.15) is 29.3 Å². The number of benzene rings is 2. The van der Waals surface area contributed by atoms with Crippen LogP contribution in [0.25, 0.3) is 11.0 Å². The molecule has 0 fully saturated rings. The number of para-hydroxylation sites is 1. The summed E-state index contributed by atoms with van der Waals surface area (Å²) in [7, 11) is 1.68. The van der Waals surface area contributed by atoms with Gasteiger partial charge >= 0.3 is 0 Å². The summed E-state index contributed by atoms with van der Waals surface area (Å²) in [5, 5.41) is 0. The van der Waals surface area contributed by atoms with Crippen LogP contribution >= 0.6 is 0 Å². The number of fused-ring (bicyclic) bond motifs is 1. The molecule has 0 radical (unpaired) electrons. The third-order valence-electron chi connectivity index (χ3n) is 5.62. The molecule has 0 spiro atoms. The van der Waals surface area contributed by atoms with Gasteiger partial charge in [-0.1, -0.05) is 30.3 Å². The van der Waals surface area contributed by atoms with E-state index in [1.165, 1.54) is 16.8 Å². The van der Waals surface area contributed by atoms with Crippen LogP contribution in [0.2, 0.25) is 0 Å². The van der Waals surface area contributed by atoms with E-state index in [-0.39, 0.29) is 0 Å². The molecule has 0 aliphatic rings. The van der Waals surface area contributed by atoms with Crippen LogP contribution in [-0.2, 0) is 13.2 Å². The van der Waals surface area contributed by atoms with Crippen molar-refractivity contribution in [3.63, 3.8) is 0 Å². The maximum absolute atomic E-state index is 6.31. The lowest BCUT2D eigenvalue weighted by molar-refractivity contribution is 0.288. The van der Waals surface area contributed by atoms with Crippen molar-refractivity contribution in [1.82, 2.24) is 9.55 Å². The maximum Gasteiger partial charge on any atom is 0.147 e. The van der Waals surface area contributed by atoms with Gasteiger partial charge in [0, 0.05) is 30.1 Å². The number of methoxy groups -OCH3 is 1. The predicted molar refractivity (Wildman–Crippen MR) is 123 cm³/mol. The molecule has 2 heterocycles. The molecule has 0 unspecified atom stereocenters. The van der Waals surface area contributed by atoms with Gasteiger partial charge < -0.3 is 18.8 Å². The number of hydrogen-bond donors (Lipinski definition) is 0. The van der Waals surface area contributed by atoms with Crippen molar-refractivity contribution in [2.75, 3.05) is 13.7 Å². The molecule has 160 valence electrons. The van der Waals surface area contributed by atoms with Crippen molar-refractivity contribution >= 4 is 11.0 Å². The van der Waals surface area contributed by atoms with Crippen LogP contribution in [0, 0.1) is 13.8 Å². The van der Waals surface area contributed by atoms with Crippen molar-refractivity contribution < 1.29 is 14.2 Å². The average molecular weight is 417 g/mol. The second-order valence-corrected chi connectivity index (χ2v) is 7.48. The molecule has 5 nitrogen and oxygen atoms in total. The van der Waals surface area contributed by atoms with Gasteiger partial charge in [-0.05, 0) is 50.1 Å². The molecule has 0 aliphatic carbocycles. The first-order chi connectivity index (χ1) is 15.1. The molecular formula is C26H28N2O3. The van der Waals surface area contributed by atoms with Crippen LogP contribution < -0.4 is 14.2 Å². The van der Waals surface area contributed by atoms with E-state index in [2.05, 4.69) is 35.5 Å². The summed E-state index contributed by atoms with van der Waals surface area (Å²) < 4.78 is 19.6. The van der Waals surface area contributed by atoms with Gasteiger partial charge in [-0.2, -0.15) is 0 Å². The van der Waals surface area contributed by atoms with Crippen LogP contribution in [0.15, 0.2) is 60.8 Å². The summed E-state index contributed by atoms with van der Waals surface area (Å²) in [4.78, 5) is 4.65. The second kappa shape index (κ2) is 9.13. The molecule has 5 heteroatoms. The van der Waals surface area contributed by atoms with Gasteiger partial charge in [0.05, 0.1) is 19.2 Å². The van der Waals surface area contributed by atoms with Crippen molar-refractivity contribution in [2.45, 2.75) is 33.9 Å². The largest absolute Gasteiger partial charge is 0.497 e. The number of nitrogens with zero attached hydrogens (tertiary/aromatic N) is 2. The van der Waals surface area contributed by atoms with Crippen LogP contribution in [-0.4, -0.2) is 23.3 Å². The van der Waals surface area contributed by atoms with E-state index in [1.807, 2.05) is 55.6 Å². The Balaban J connectivity index is 1.69. The fraction of sp³-hybridized carbons (Fsp3) is 0.269. The number of aromatic nitrogens is 2. The minimum absolute atomic E-state index is 0.432. The molecule has 0 amide bonds. The molecule has 4 aromatic rings. The monoisotopic (exact) mass is 416 g/mol. The minimum atomic E-state index is 0.432. The van der Waals surface area contributed by atoms with Gasteiger partial charge in [-0.15, -0.1) is 0 Å². The molecule has 2 aromatic carbocycles. The molecule has 0 N–H and O–H groups in total. The Morgan fingerprint density at radius 2 is 1.68 bits per heavy atom. The van der Waals surface area contributed by atoms with Gasteiger partial charge in [0.15, 0.2) is 0 Å². The van der Waals surface area contributed by atoms with E-state index >= 15 is 0 Å². The fourth-order valence-electron chi connectivity index (χ4n) is 3.82. The average Bonchev–Trinajstić information content (AvgIpc) is 3.04. The first kappa shape index (κ1) is 20.8. The van der Waals surface area contributed by atoms with Gasteiger partial charge in [0.25, 0.3) is 0 Å². The molecule has 31 heavy (non-hydrogen) atoms. The van der Waals surface area contributed by atoms with Crippen molar-refractivity contribution in [3.8, 4) is 17.2 Å². The molecule has 0 bridgehead atoms. The highest BCUT2D eigenvalue weighted by atomic mass is 16.5. The summed E-state index contributed by atoms with van der Waals surface area (Å²) in [5.74, 6) is 2.53. The van der Waals surface area contributed by atoms with Gasteiger partial charge in [-0.3, -0.25) is 4.98 Å². The van der Waals surface area contributed by atoms with E-state index < -0.39 is 0 Å². The van der Waals surface area contributed by atoms with Gasteiger partial charge in [0.2, 0.25) is 0 Å².